The Hall–Kier alpha value is -2.37. The quantitative estimate of drug-likeness (QED) is 0.874. The smallest absolute Gasteiger partial charge is 0.225 e. The van der Waals surface area contributed by atoms with Gasteiger partial charge in [0.2, 0.25) is 11.8 Å². The van der Waals surface area contributed by atoms with Crippen LogP contribution in [-0.4, -0.2) is 43.2 Å². The molecule has 1 saturated heterocycles. The highest BCUT2D eigenvalue weighted by Crippen LogP contribution is 2.36. The Morgan fingerprint density at radius 3 is 2.38 bits per heavy atom. The number of benzene rings is 1. The van der Waals surface area contributed by atoms with Crippen molar-refractivity contribution in [1.82, 2.24) is 10.2 Å². The number of likely N-dealkylation sites (tertiary alicyclic amines) is 1. The van der Waals surface area contributed by atoms with Crippen LogP contribution in [0, 0.1) is 11.3 Å². The Bertz CT molecular complexity index is 676. The fourth-order valence-corrected chi connectivity index (χ4v) is 3.13. The molecule has 1 aromatic rings. The van der Waals surface area contributed by atoms with E-state index in [1.54, 1.807) is 19.1 Å². The molecule has 26 heavy (non-hydrogen) atoms. The minimum atomic E-state index is -0.498. The first-order chi connectivity index (χ1) is 12.1. The molecule has 2 atom stereocenters. The lowest BCUT2D eigenvalue weighted by Crippen LogP contribution is -2.47. The van der Waals surface area contributed by atoms with E-state index in [1.807, 2.05) is 45.0 Å². The van der Waals surface area contributed by atoms with Crippen molar-refractivity contribution in [3.63, 3.8) is 0 Å². The molecule has 6 heteroatoms. The van der Waals surface area contributed by atoms with Gasteiger partial charge < -0.3 is 15.0 Å². The van der Waals surface area contributed by atoms with E-state index >= 15 is 0 Å². The Labute approximate surface area is 154 Å². The van der Waals surface area contributed by atoms with Gasteiger partial charge in [0, 0.05) is 18.9 Å². The van der Waals surface area contributed by atoms with Crippen molar-refractivity contribution in [2.75, 3.05) is 20.7 Å². The molecule has 1 fully saturated rings. The number of hydrogen-bond donors (Lipinski definition) is 1. The summed E-state index contributed by atoms with van der Waals surface area (Å²) >= 11 is 0. The summed E-state index contributed by atoms with van der Waals surface area (Å²) in [6, 6.07) is 7.03. The number of Topliss-reactive ketones (excluding diaryl/α,β-unsaturated/α-hetero) is 1. The van der Waals surface area contributed by atoms with Crippen molar-refractivity contribution in [3.05, 3.63) is 29.8 Å². The summed E-state index contributed by atoms with van der Waals surface area (Å²) in [5.41, 5.74) is 0.380. The summed E-state index contributed by atoms with van der Waals surface area (Å²) < 4.78 is 5.18. The summed E-state index contributed by atoms with van der Waals surface area (Å²) in [4.78, 5) is 38.7. The van der Waals surface area contributed by atoms with Crippen molar-refractivity contribution in [2.24, 2.45) is 11.3 Å². The van der Waals surface area contributed by atoms with Gasteiger partial charge in [0.25, 0.3) is 0 Å². The zero-order valence-electron chi connectivity index (χ0n) is 16.2. The second-order valence-electron chi connectivity index (χ2n) is 7.76. The highest BCUT2D eigenvalue weighted by atomic mass is 16.5. The van der Waals surface area contributed by atoms with Gasteiger partial charge in [-0.05, 0) is 24.1 Å². The molecule has 2 amide bonds. The maximum atomic E-state index is 12.8. The SMILES string of the molecule is COc1ccc(C2C(C(=O)NCC(=O)C(C)(C)C)CCC(=O)N2C)cc1. The number of carbonyl (C=O) groups is 3. The van der Waals surface area contributed by atoms with Gasteiger partial charge in [-0.15, -0.1) is 0 Å². The number of ketones is 1. The van der Waals surface area contributed by atoms with E-state index in [0.717, 1.165) is 11.3 Å². The van der Waals surface area contributed by atoms with Gasteiger partial charge in [-0.25, -0.2) is 0 Å². The number of ether oxygens (including phenoxy) is 1. The van der Waals surface area contributed by atoms with E-state index in [2.05, 4.69) is 5.32 Å². The first-order valence-corrected chi connectivity index (χ1v) is 8.85. The molecule has 0 aliphatic carbocycles. The lowest BCUT2D eigenvalue weighted by atomic mass is 9.83. The lowest BCUT2D eigenvalue weighted by Gasteiger charge is -2.38. The third-order valence-electron chi connectivity index (χ3n) is 4.91. The molecule has 1 N–H and O–H groups in total. The van der Waals surface area contributed by atoms with E-state index in [9.17, 15) is 14.4 Å². The molecule has 0 spiro atoms. The lowest BCUT2D eigenvalue weighted by molar-refractivity contribution is -0.142. The average Bonchev–Trinajstić information content (AvgIpc) is 2.60. The number of piperidine rings is 1. The Morgan fingerprint density at radius 2 is 1.85 bits per heavy atom. The van der Waals surface area contributed by atoms with Gasteiger partial charge in [0.1, 0.15) is 5.75 Å². The minimum absolute atomic E-state index is 0.00578. The fourth-order valence-electron chi connectivity index (χ4n) is 3.13. The van der Waals surface area contributed by atoms with Crippen molar-refractivity contribution in [3.8, 4) is 5.75 Å². The van der Waals surface area contributed by atoms with Crippen molar-refractivity contribution >= 4 is 17.6 Å². The van der Waals surface area contributed by atoms with Crippen molar-refractivity contribution in [2.45, 2.75) is 39.7 Å². The first kappa shape index (κ1) is 19.9. The van der Waals surface area contributed by atoms with Crippen LogP contribution in [-0.2, 0) is 14.4 Å². The number of carbonyl (C=O) groups excluding carboxylic acids is 3. The van der Waals surface area contributed by atoms with Crippen LogP contribution in [0.4, 0.5) is 0 Å². The normalized spacial score (nSPS) is 20.7. The molecule has 0 aromatic heterocycles. The molecule has 6 nitrogen and oxygen atoms in total. The number of hydrogen-bond acceptors (Lipinski definition) is 4. The summed E-state index contributed by atoms with van der Waals surface area (Å²) in [6.45, 7) is 5.49. The van der Waals surface area contributed by atoms with Crippen molar-refractivity contribution < 1.29 is 19.1 Å². The summed E-state index contributed by atoms with van der Waals surface area (Å²) in [6.07, 6.45) is 0.796. The summed E-state index contributed by atoms with van der Waals surface area (Å²) in [7, 11) is 3.31. The van der Waals surface area contributed by atoms with Crippen LogP contribution < -0.4 is 10.1 Å². The predicted molar refractivity (Wildman–Crippen MR) is 98.7 cm³/mol. The molecule has 1 heterocycles. The predicted octanol–water partition coefficient (Wildman–Crippen LogP) is 2.34. The standard InChI is InChI=1S/C20H28N2O4/c1-20(2,3)16(23)12-21-19(25)15-10-11-17(24)22(4)18(15)13-6-8-14(26-5)9-7-13/h6-9,15,18H,10-12H2,1-5H3,(H,21,25). The highest BCUT2D eigenvalue weighted by molar-refractivity contribution is 5.91. The van der Waals surface area contributed by atoms with Crippen LogP contribution in [0.1, 0.15) is 45.2 Å². The largest absolute Gasteiger partial charge is 0.497 e. The van der Waals surface area contributed by atoms with Crippen LogP contribution >= 0.6 is 0 Å². The maximum Gasteiger partial charge on any atom is 0.225 e. The van der Waals surface area contributed by atoms with E-state index in [0.29, 0.717) is 12.8 Å². The fraction of sp³-hybridized carbons (Fsp3) is 0.550. The molecular formula is C20H28N2O4. The molecule has 0 saturated carbocycles. The summed E-state index contributed by atoms with van der Waals surface area (Å²) in [5.74, 6) is 0.129. The van der Waals surface area contributed by atoms with Gasteiger partial charge in [0.15, 0.2) is 5.78 Å². The Kier molecular flexibility index (Phi) is 6.05. The molecule has 1 aliphatic rings. The first-order valence-electron chi connectivity index (χ1n) is 8.85. The molecular weight excluding hydrogens is 332 g/mol. The second-order valence-corrected chi connectivity index (χ2v) is 7.76. The zero-order chi connectivity index (χ0) is 19.5. The third-order valence-corrected chi connectivity index (χ3v) is 4.91. The number of methoxy groups -OCH3 is 1. The third kappa shape index (κ3) is 4.42. The number of rotatable bonds is 5. The number of amides is 2. The van der Waals surface area contributed by atoms with Crippen LogP contribution in [0.3, 0.4) is 0 Å². The molecule has 0 bridgehead atoms. The van der Waals surface area contributed by atoms with E-state index in [-0.39, 0.29) is 36.1 Å². The second kappa shape index (κ2) is 7.89. The molecule has 2 unspecified atom stereocenters. The van der Waals surface area contributed by atoms with E-state index in [1.165, 1.54) is 0 Å². The van der Waals surface area contributed by atoms with Crippen molar-refractivity contribution in [1.29, 1.82) is 0 Å². The van der Waals surface area contributed by atoms with Gasteiger partial charge in [-0.2, -0.15) is 0 Å². The molecule has 0 radical (unpaired) electrons. The van der Waals surface area contributed by atoms with E-state index < -0.39 is 5.41 Å². The highest BCUT2D eigenvalue weighted by Gasteiger charge is 2.39. The van der Waals surface area contributed by atoms with Crippen LogP contribution in [0.25, 0.3) is 0 Å². The topological polar surface area (TPSA) is 75.7 Å². The monoisotopic (exact) mass is 360 g/mol. The van der Waals surface area contributed by atoms with Crippen LogP contribution in [0.2, 0.25) is 0 Å². The molecule has 1 aliphatic heterocycles. The maximum absolute atomic E-state index is 12.8. The van der Waals surface area contributed by atoms with Gasteiger partial charge in [-0.1, -0.05) is 32.9 Å². The summed E-state index contributed by atoms with van der Waals surface area (Å²) in [5, 5.41) is 2.77. The molecule has 1 aromatic carbocycles. The van der Waals surface area contributed by atoms with E-state index in [4.69, 9.17) is 4.74 Å². The minimum Gasteiger partial charge on any atom is -0.497 e. The molecule has 142 valence electrons. The number of nitrogens with one attached hydrogen (secondary N) is 1. The zero-order valence-corrected chi connectivity index (χ0v) is 16.2. The van der Waals surface area contributed by atoms with Crippen LogP contribution in [0.15, 0.2) is 24.3 Å². The molecule has 2 rings (SSSR count). The number of nitrogens with zero attached hydrogens (tertiary/aromatic N) is 1. The van der Waals surface area contributed by atoms with Crippen LogP contribution in [0.5, 0.6) is 5.75 Å². The van der Waals surface area contributed by atoms with Gasteiger partial charge >= 0.3 is 0 Å². The van der Waals surface area contributed by atoms with Gasteiger partial charge in [0.05, 0.1) is 25.6 Å². The Balaban J connectivity index is 2.19. The van der Waals surface area contributed by atoms with Gasteiger partial charge in [-0.3, -0.25) is 14.4 Å². The Morgan fingerprint density at radius 1 is 1.23 bits per heavy atom. The average molecular weight is 360 g/mol.